The molecule has 3 heteroatoms. The molecule has 2 rings (SSSR count). The first-order valence-electron chi connectivity index (χ1n) is 6.69. The van der Waals surface area contributed by atoms with Crippen molar-refractivity contribution >= 4 is 18.5 Å². The molecule has 0 aliphatic heterocycles. The summed E-state index contributed by atoms with van der Waals surface area (Å²) in [5, 5.41) is 2.96. The fourth-order valence-corrected chi connectivity index (χ4v) is 2.34. The second-order valence-corrected chi connectivity index (χ2v) is 5.51. The van der Waals surface area contributed by atoms with E-state index in [1.807, 2.05) is 25.1 Å². The van der Waals surface area contributed by atoms with Gasteiger partial charge in [0, 0.05) is 17.0 Å². The van der Waals surface area contributed by atoms with E-state index in [-0.39, 0.29) is 5.91 Å². The minimum absolute atomic E-state index is 0.0361. The molecule has 0 saturated heterocycles. The number of benzene rings is 2. The summed E-state index contributed by atoms with van der Waals surface area (Å²) < 4.78 is 0. The Balaban J connectivity index is 1.94. The van der Waals surface area contributed by atoms with Crippen molar-refractivity contribution in [3.05, 3.63) is 64.7 Å². The maximum absolute atomic E-state index is 12.1. The second kappa shape index (κ2) is 6.62. The van der Waals surface area contributed by atoms with E-state index in [2.05, 4.69) is 43.1 Å². The maximum atomic E-state index is 12.1. The van der Waals surface area contributed by atoms with E-state index in [0.29, 0.717) is 12.1 Å². The molecule has 2 nitrogen and oxygen atoms in total. The van der Waals surface area contributed by atoms with Crippen LogP contribution in [0.15, 0.2) is 47.4 Å². The van der Waals surface area contributed by atoms with Gasteiger partial charge in [0.05, 0.1) is 0 Å². The third-order valence-electron chi connectivity index (χ3n) is 3.25. The summed E-state index contributed by atoms with van der Waals surface area (Å²) >= 11 is 4.28. The first kappa shape index (κ1) is 14.7. The molecule has 0 atom stereocenters. The number of amides is 1. The summed E-state index contributed by atoms with van der Waals surface area (Å²) in [6.45, 7) is 4.64. The van der Waals surface area contributed by atoms with Crippen molar-refractivity contribution in [1.29, 1.82) is 0 Å². The largest absolute Gasteiger partial charge is 0.352 e. The Morgan fingerprint density at radius 1 is 1.15 bits per heavy atom. The molecule has 0 radical (unpaired) electrons. The van der Waals surface area contributed by atoms with Gasteiger partial charge in [0.2, 0.25) is 0 Å². The fraction of sp³-hybridized carbons (Fsp3) is 0.235. The second-order valence-electron chi connectivity index (χ2n) is 4.99. The van der Waals surface area contributed by atoms with Crippen molar-refractivity contribution < 1.29 is 4.79 Å². The van der Waals surface area contributed by atoms with E-state index in [4.69, 9.17) is 0 Å². The molecule has 0 bridgehead atoms. The number of carbonyl (C=O) groups is 1. The average molecular weight is 285 g/mol. The number of hydrogen-bond donors (Lipinski definition) is 2. The van der Waals surface area contributed by atoms with E-state index in [1.165, 1.54) is 11.1 Å². The molecule has 0 aliphatic carbocycles. The number of carbonyl (C=O) groups excluding carboxylic acids is 1. The molecule has 1 N–H and O–H groups in total. The predicted octanol–water partition coefficient (Wildman–Crippen LogP) is 3.56. The van der Waals surface area contributed by atoms with Crippen LogP contribution in [0.1, 0.15) is 27.0 Å². The Morgan fingerprint density at radius 3 is 2.70 bits per heavy atom. The minimum Gasteiger partial charge on any atom is -0.352 e. The number of nitrogens with one attached hydrogen (secondary N) is 1. The van der Waals surface area contributed by atoms with Crippen LogP contribution in [0, 0.1) is 13.8 Å². The molecule has 2 aromatic rings. The molecule has 0 fully saturated rings. The van der Waals surface area contributed by atoms with Gasteiger partial charge in [-0.3, -0.25) is 4.79 Å². The van der Waals surface area contributed by atoms with E-state index >= 15 is 0 Å². The topological polar surface area (TPSA) is 29.1 Å². The zero-order valence-electron chi connectivity index (χ0n) is 11.8. The highest BCUT2D eigenvalue weighted by Gasteiger charge is 2.08. The lowest BCUT2D eigenvalue weighted by Gasteiger charge is -2.08. The van der Waals surface area contributed by atoms with Crippen LogP contribution >= 0.6 is 12.6 Å². The molecule has 0 spiro atoms. The number of thiol groups is 1. The smallest absolute Gasteiger partial charge is 0.251 e. The van der Waals surface area contributed by atoms with Crippen LogP contribution in [0.2, 0.25) is 0 Å². The van der Waals surface area contributed by atoms with Crippen LogP contribution in [0.3, 0.4) is 0 Å². The summed E-state index contributed by atoms with van der Waals surface area (Å²) in [6, 6.07) is 14.0. The van der Waals surface area contributed by atoms with Crippen molar-refractivity contribution in [3.63, 3.8) is 0 Å². The molecule has 0 aliphatic rings. The van der Waals surface area contributed by atoms with Gasteiger partial charge in [-0.05, 0) is 43.5 Å². The van der Waals surface area contributed by atoms with Crippen molar-refractivity contribution in [2.75, 3.05) is 6.54 Å². The van der Waals surface area contributed by atoms with Gasteiger partial charge < -0.3 is 5.32 Å². The van der Waals surface area contributed by atoms with Crippen molar-refractivity contribution in [2.24, 2.45) is 0 Å². The Hall–Kier alpha value is -1.74. The van der Waals surface area contributed by atoms with Gasteiger partial charge in [-0.15, -0.1) is 12.6 Å². The SMILES string of the molecule is Cc1cccc(CCNC(=O)c2cc(S)ccc2C)c1. The Morgan fingerprint density at radius 2 is 1.95 bits per heavy atom. The Kier molecular flexibility index (Phi) is 4.85. The van der Waals surface area contributed by atoms with Gasteiger partial charge in [-0.25, -0.2) is 0 Å². The Labute approximate surface area is 125 Å². The van der Waals surface area contributed by atoms with Gasteiger partial charge in [-0.2, -0.15) is 0 Å². The van der Waals surface area contributed by atoms with Gasteiger partial charge >= 0.3 is 0 Å². The van der Waals surface area contributed by atoms with E-state index in [9.17, 15) is 4.79 Å². The van der Waals surface area contributed by atoms with Crippen LogP contribution in [0.4, 0.5) is 0 Å². The molecule has 0 unspecified atom stereocenters. The van der Waals surface area contributed by atoms with E-state index in [1.54, 1.807) is 6.07 Å². The average Bonchev–Trinajstić information content (AvgIpc) is 2.41. The number of hydrogen-bond acceptors (Lipinski definition) is 2. The summed E-state index contributed by atoms with van der Waals surface area (Å²) in [7, 11) is 0. The van der Waals surface area contributed by atoms with E-state index in [0.717, 1.165) is 16.9 Å². The highest BCUT2D eigenvalue weighted by Crippen LogP contribution is 2.14. The quantitative estimate of drug-likeness (QED) is 0.826. The Bertz CT molecular complexity index is 622. The third-order valence-corrected chi connectivity index (χ3v) is 3.53. The highest BCUT2D eigenvalue weighted by molar-refractivity contribution is 7.80. The number of aryl methyl sites for hydroxylation is 2. The molecule has 1 amide bonds. The standard InChI is InChI=1S/C17H19NOS/c1-12-4-3-5-14(10-12)8-9-18-17(19)16-11-15(20)7-6-13(16)2/h3-7,10-11,20H,8-9H2,1-2H3,(H,18,19). The molecule has 0 aromatic heterocycles. The highest BCUT2D eigenvalue weighted by atomic mass is 32.1. The minimum atomic E-state index is -0.0361. The van der Waals surface area contributed by atoms with Gasteiger partial charge in [0.1, 0.15) is 0 Å². The van der Waals surface area contributed by atoms with Crippen molar-refractivity contribution in [1.82, 2.24) is 5.32 Å². The molecule has 20 heavy (non-hydrogen) atoms. The zero-order valence-corrected chi connectivity index (χ0v) is 12.7. The van der Waals surface area contributed by atoms with E-state index < -0.39 is 0 Å². The first-order chi connectivity index (χ1) is 9.56. The van der Waals surface area contributed by atoms with Gasteiger partial charge in [-0.1, -0.05) is 35.9 Å². The number of rotatable bonds is 4. The van der Waals surface area contributed by atoms with Crippen molar-refractivity contribution in [3.8, 4) is 0 Å². The molecule has 104 valence electrons. The maximum Gasteiger partial charge on any atom is 0.251 e. The van der Waals surface area contributed by atoms with Crippen LogP contribution in [0.5, 0.6) is 0 Å². The summed E-state index contributed by atoms with van der Waals surface area (Å²) in [5.74, 6) is -0.0361. The lowest BCUT2D eigenvalue weighted by Crippen LogP contribution is -2.26. The molecular formula is C17H19NOS. The third kappa shape index (κ3) is 3.87. The fourth-order valence-electron chi connectivity index (χ4n) is 2.14. The summed E-state index contributed by atoms with van der Waals surface area (Å²) in [6.07, 6.45) is 0.840. The molecular weight excluding hydrogens is 266 g/mol. The van der Waals surface area contributed by atoms with Gasteiger partial charge in [0.15, 0.2) is 0 Å². The van der Waals surface area contributed by atoms with Crippen LogP contribution < -0.4 is 5.32 Å². The molecule has 0 saturated carbocycles. The normalized spacial score (nSPS) is 10.3. The lowest BCUT2D eigenvalue weighted by atomic mass is 10.1. The van der Waals surface area contributed by atoms with Crippen LogP contribution in [-0.4, -0.2) is 12.5 Å². The summed E-state index contributed by atoms with van der Waals surface area (Å²) in [5.41, 5.74) is 4.15. The molecule has 2 aromatic carbocycles. The monoisotopic (exact) mass is 285 g/mol. The van der Waals surface area contributed by atoms with Crippen LogP contribution in [-0.2, 0) is 6.42 Å². The summed E-state index contributed by atoms with van der Waals surface area (Å²) in [4.78, 5) is 12.9. The predicted molar refractivity (Wildman–Crippen MR) is 85.6 cm³/mol. The first-order valence-corrected chi connectivity index (χ1v) is 7.14. The van der Waals surface area contributed by atoms with Crippen molar-refractivity contribution in [2.45, 2.75) is 25.2 Å². The lowest BCUT2D eigenvalue weighted by molar-refractivity contribution is 0.0953. The van der Waals surface area contributed by atoms with Gasteiger partial charge in [0.25, 0.3) is 5.91 Å². The molecule has 0 heterocycles. The van der Waals surface area contributed by atoms with Crippen LogP contribution in [0.25, 0.3) is 0 Å². The zero-order chi connectivity index (χ0) is 14.5.